The highest BCUT2D eigenvalue weighted by molar-refractivity contribution is 9.10. The number of rotatable bonds is 5. The van der Waals surface area contributed by atoms with Gasteiger partial charge in [0.15, 0.2) is 0 Å². The van der Waals surface area contributed by atoms with Crippen LogP contribution in [0.3, 0.4) is 0 Å². The number of benzene rings is 3. The molecule has 0 aromatic heterocycles. The number of para-hydroxylation sites is 1. The van der Waals surface area contributed by atoms with Crippen LogP contribution in [0.15, 0.2) is 82.4 Å². The molecule has 0 saturated heterocycles. The Bertz CT molecular complexity index is 1150. The number of nitrogens with one attached hydrogen (secondary N) is 2. The lowest BCUT2D eigenvalue weighted by Crippen LogP contribution is -2.32. The van der Waals surface area contributed by atoms with Crippen molar-refractivity contribution in [1.82, 2.24) is 5.43 Å². The second-order valence-electron chi connectivity index (χ2n) is 6.07. The Kier molecular flexibility index (Phi) is 7.53. The minimum atomic E-state index is -0.949. The van der Waals surface area contributed by atoms with Gasteiger partial charge in [-0.2, -0.15) is 5.10 Å². The van der Waals surface area contributed by atoms with E-state index >= 15 is 0 Å². The van der Waals surface area contributed by atoms with Crippen molar-refractivity contribution in [2.24, 2.45) is 5.10 Å². The average Bonchev–Trinajstić information content (AvgIpc) is 2.76. The third-order valence-corrected chi connectivity index (χ3v) is 4.91. The molecular weight excluding hydrogens is 486 g/mol. The van der Waals surface area contributed by atoms with Gasteiger partial charge in [-0.3, -0.25) is 9.59 Å². The fraction of sp³-hybridized carbons (Fsp3) is 0. The Balaban J connectivity index is 1.53. The third-order valence-electron chi connectivity index (χ3n) is 3.89. The van der Waals surface area contributed by atoms with Crippen LogP contribution in [0.4, 0.5) is 5.69 Å². The lowest BCUT2D eigenvalue weighted by Gasteiger charge is -2.06. The van der Waals surface area contributed by atoms with E-state index in [4.69, 9.17) is 16.3 Å². The van der Waals surface area contributed by atoms with Crippen LogP contribution in [0, 0.1) is 0 Å². The first kappa shape index (κ1) is 22.2. The predicted octanol–water partition coefficient (Wildman–Crippen LogP) is 4.41. The van der Waals surface area contributed by atoms with Gasteiger partial charge >= 0.3 is 17.8 Å². The molecule has 3 aromatic rings. The van der Waals surface area contributed by atoms with Crippen molar-refractivity contribution in [2.45, 2.75) is 0 Å². The molecule has 3 aromatic carbocycles. The summed E-state index contributed by atoms with van der Waals surface area (Å²) in [6.07, 6.45) is 1.35. The fourth-order valence-corrected chi connectivity index (χ4v) is 3.00. The third kappa shape index (κ3) is 6.24. The molecule has 7 nitrogen and oxygen atoms in total. The van der Waals surface area contributed by atoms with E-state index in [-0.39, 0.29) is 0 Å². The number of anilines is 1. The van der Waals surface area contributed by atoms with E-state index in [1.54, 1.807) is 72.8 Å². The van der Waals surface area contributed by atoms with E-state index in [0.29, 0.717) is 32.1 Å². The highest BCUT2D eigenvalue weighted by atomic mass is 79.9. The Morgan fingerprint density at radius 3 is 2.29 bits per heavy atom. The first-order chi connectivity index (χ1) is 14.9. The summed E-state index contributed by atoms with van der Waals surface area (Å²) >= 11 is 9.24. The van der Waals surface area contributed by atoms with Crippen LogP contribution in [0.25, 0.3) is 0 Å². The number of carbonyl (C=O) groups is 3. The van der Waals surface area contributed by atoms with Gasteiger partial charge in [0.2, 0.25) is 0 Å². The first-order valence-corrected chi connectivity index (χ1v) is 10.1. The molecular formula is C22H15BrClN3O4. The molecule has 2 amide bonds. The van der Waals surface area contributed by atoms with Gasteiger partial charge in [0.1, 0.15) is 5.75 Å². The van der Waals surface area contributed by atoms with E-state index in [9.17, 15) is 14.4 Å². The Morgan fingerprint density at radius 1 is 0.903 bits per heavy atom. The predicted molar refractivity (Wildman–Crippen MR) is 121 cm³/mol. The topological polar surface area (TPSA) is 96.9 Å². The monoisotopic (exact) mass is 499 g/mol. The van der Waals surface area contributed by atoms with Gasteiger partial charge < -0.3 is 10.1 Å². The van der Waals surface area contributed by atoms with Crippen LogP contribution in [0.2, 0.25) is 5.02 Å². The molecule has 156 valence electrons. The number of nitrogens with zero attached hydrogens (tertiary/aromatic N) is 1. The lowest BCUT2D eigenvalue weighted by molar-refractivity contribution is -0.136. The molecule has 0 heterocycles. The molecule has 0 fully saturated rings. The summed E-state index contributed by atoms with van der Waals surface area (Å²) in [6, 6.07) is 19.9. The Hall–Kier alpha value is -3.49. The Labute approximate surface area is 191 Å². The van der Waals surface area contributed by atoms with Gasteiger partial charge in [-0.15, -0.1) is 0 Å². The average molecular weight is 501 g/mol. The molecule has 0 unspecified atom stereocenters. The smallest absolute Gasteiger partial charge is 0.344 e. The van der Waals surface area contributed by atoms with Crippen molar-refractivity contribution < 1.29 is 19.1 Å². The molecule has 2 N–H and O–H groups in total. The van der Waals surface area contributed by atoms with Crippen LogP contribution in [-0.4, -0.2) is 24.0 Å². The summed E-state index contributed by atoms with van der Waals surface area (Å²) in [4.78, 5) is 35.9. The summed E-state index contributed by atoms with van der Waals surface area (Å²) < 4.78 is 5.97. The second kappa shape index (κ2) is 10.5. The minimum Gasteiger partial charge on any atom is -0.423 e. The number of esters is 1. The van der Waals surface area contributed by atoms with E-state index in [1.165, 1.54) is 6.21 Å². The molecule has 0 aliphatic heterocycles. The number of amides is 2. The number of hydrogen-bond acceptors (Lipinski definition) is 5. The minimum absolute atomic E-state index is 0.313. The number of hydrogen-bond donors (Lipinski definition) is 2. The molecule has 31 heavy (non-hydrogen) atoms. The van der Waals surface area contributed by atoms with Gasteiger partial charge in [0.05, 0.1) is 22.5 Å². The Morgan fingerprint density at radius 2 is 1.58 bits per heavy atom. The van der Waals surface area contributed by atoms with Crippen LogP contribution < -0.4 is 15.5 Å². The van der Waals surface area contributed by atoms with Crippen LogP contribution in [-0.2, 0) is 9.59 Å². The molecule has 9 heteroatoms. The zero-order valence-electron chi connectivity index (χ0n) is 15.8. The number of hydrazone groups is 1. The van der Waals surface area contributed by atoms with Crippen molar-refractivity contribution in [3.8, 4) is 5.75 Å². The summed E-state index contributed by atoms with van der Waals surface area (Å²) in [5, 5.41) is 6.45. The van der Waals surface area contributed by atoms with Crippen molar-refractivity contribution in [3.05, 3.63) is 93.4 Å². The number of ether oxygens (including phenoxy) is 1. The summed E-state index contributed by atoms with van der Waals surface area (Å²) in [5.41, 5.74) is 3.48. The van der Waals surface area contributed by atoms with Crippen molar-refractivity contribution in [1.29, 1.82) is 0 Å². The SMILES string of the molecule is O=C(N/N=C/c1ccc(OC(=O)c2ccccc2Br)cc1)C(=O)Nc1ccccc1Cl. The van der Waals surface area contributed by atoms with Gasteiger partial charge in [0, 0.05) is 4.47 Å². The quantitative estimate of drug-likeness (QED) is 0.178. The molecule has 0 saturated carbocycles. The van der Waals surface area contributed by atoms with Gasteiger partial charge in [-0.05, 0) is 70.0 Å². The highest BCUT2D eigenvalue weighted by Gasteiger charge is 2.14. The summed E-state index contributed by atoms with van der Waals surface area (Å²) in [6.45, 7) is 0. The van der Waals surface area contributed by atoms with Gasteiger partial charge in [0.25, 0.3) is 0 Å². The largest absolute Gasteiger partial charge is 0.423 e. The maximum absolute atomic E-state index is 12.2. The molecule has 3 rings (SSSR count). The van der Waals surface area contributed by atoms with Crippen LogP contribution in [0.1, 0.15) is 15.9 Å². The summed E-state index contributed by atoms with van der Waals surface area (Å²) in [5.74, 6) is -2.00. The lowest BCUT2D eigenvalue weighted by atomic mass is 10.2. The number of carbonyl (C=O) groups excluding carboxylic acids is 3. The van der Waals surface area contributed by atoms with E-state index in [2.05, 4.69) is 31.8 Å². The zero-order valence-corrected chi connectivity index (χ0v) is 18.2. The molecule has 0 aliphatic rings. The second-order valence-corrected chi connectivity index (χ2v) is 7.33. The van der Waals surface area contributed by atoms with Crippen molar-refractivity contribution in [2.75, 3.05) is 5.32 Å². The van der Waals surface area contributed by atoms with Crippen LogP contribution in [0.5, 0.6) is 5.75 Å². The standard InChI is InChI=1S/C22H15BrClN3O4/c23-17-6-2-1-5-16(17)22(30)31-15-11-9-14(10-12-15)13-25-27-21(29)20(28)26-19-8-4-3-7-18(19)24/h1-13H,(H,26,28)(H,27,29)/b25-13+. The van der Waals surface area contributed by atoms with Gasteiger partial charge in [-0.1, -0.05) is 35.9 Å². The highest BCUT2D eigenvalue weighted by Crippen LogP contribution is 2.20. The molecule has 0 radical (unpaired) electrons. The maximum atomic E-state index is 12.2. The fourth-order valence-electron chi connectivity index (χ4n) is 2.37. The normalized spacial score (nSPS) is 10.5. The molecule has 0 spiro atoms. The van der Waals surface area contributed by atoms with E-state index in [1.807, 2.05) is 0 Å². The van der Waals surface area contributed by atoms with Crippen LogP contribution >= 0.6 is 27.5 Å². The number of halogens is 2. The molecule has 0 atom stereocenters. The van der Waals surface area contributed by atoms with Gasteiger partial charge in [-0.25, -0.2) is 10.2 Å². The van der Waals surface area contributed by atoms with E-state index < -0.39 is 17.8 Å². The van der Waals surface area contributed by atoms with E-state index in [0.717, 1.165) is 0 Å². The summed E-state index contributed by atoms with van der Waals surface area (Å²) in [7, 11) is 0. The molecule has 0 aliphatic carbocycles. The van der Waals surface area contributed by atoms with Crippen molar-refractivity contribution in [3.63, 3.8) is 0 Å². The molecule has 0 bridgehead atoms. The zero-order chi connectivity index (χ0) is 22.2. The first-order valence-electron chi connectivity index (χ1n) is 8.90. The van der Waals surface area contributed by atoms with Crippen molar-refractivity contribution >= 4 is 57.2 Å². The maximum Gasteiger partial charge on any atom is 0.344 e.